The van der Waals surface area contributed by atoms with Gasteiger partial charge in [-0.3, -0.25) is 4.79 Å². The Morgan fingerprint density at radius 2 is 2.00 bits per heavy atom. The summed E-state index contributed by atoms with van der Waals surface area (Å²) in [5.74, 6) is 0.718. The standard InChI is InChI=1S/C15H21N5O/c1-16-5-2-12-3-8-20(9-4-12)15(21)13-14-18-7-11-19(14)10-6-17-13/h6-7,10-12,16H,2-5,8-9H2,1H3. The van der Waals surface area contributed by atoms with Crippen LogP contribution in [-0.2, 0) is 0 Å². The van der Waals surface area contributed by atoms with Crippen LogP contribution in [0.2, 0.25) is 0 Å². The van der Waals surface area contributed by atoms with Gasteiger partial charge >= 0.3 is 0 Å². The van der Waals surface area contributed by atoms with Crippen LogP contribution < -0.4 is 5.32 Å². The summed E-state index contributed by atoms with van der Waals surface area (Å²) in [5, 5.41) is 3.19. The third-order valence-corrected chi connectivity index (χ3v) is 4.22. The minimum atomic E-state index is -0.00105. The highest BCUT2D eigenvalue weighted by Gasteiger charge is 2.25. The molecule has 3 heterocycles. The average molecular weight is 287 g/mol. The van der Waals surface area contributed by atoms with Crippen molar-refractivity contribution in [2.45, 2.75) is 19.3 Å². The van der Waals surface area contributed by atoms with Crippen LogP contribution in [0.3, 0.4) is 0 Å². The van der Waals surface area contributed by atoms with E-state index in [0.29, 0.717) is 11.3 Å². The molecule has 112 valence electrons. The molecule has 0 aromatic carbocycles. The van der Waals surface area contributed by atoms with Crippen molar-refractivity contribution in [1.29, 1.82) is 0 Å². The van der Waals surface area contributed by atoms with Crippen LogP contribution in [0.5, 0.6) is 0 Å². The van der Waals surface area contributed by atoms with Crippen molar-refractivity contribution in [3.8, 4) is 0 Å². The molecular formula is C15H21N5O. The molecule has 6 heteroatoms. The van der Waals surface area contributed by atoms with Gasteiger partial charge in [0.05, 0.1) is 0 Å². The highest BCUT2D eigenvalue weighted by Crippen LogP contribution is 2.21. The summed E-state index contributed by atoms with van der Waals surface area (Å²) in [7, 11) is 1.98. The zero-order valence-electron chi connectivity index (χ0n) is 12.3. The highest BCUT2D eigenvalue weighted by atomic mass is 16.2. The Bertz CT molecular complexity index is 615. The fourth-order valence-electron chi connectivity index (χ4n) is 2.93. The first-order valence-corrected chi connectivity index (χ1v) is 7.51. The maximum Gasteiger partial charge on any atom is 0.276 e. The van der Waals surface area contributed by atoms with Crippen molar-refractivity contribution >= 4 is 11.6 Å². The van der Waals surface area contributed by atoms with E-state index in [4.69, 9.17) is 0 Å². The van der Waals surface area contributed by atoms with Gasteiger partial charge in [0.2, 0.25) is 0 Å². The minimum absolute atomic E-state index is 0.00105. The van der Waals surface area contributed by atoms with Crippen molar-refractivity contribution < 1.29 is 4.79 Å². The molecule has 0 bridgehead atoms. The van der Waals surface area contributed by atoms with Crippen molar-refractivity contribution in [2.75, 3.05) is 26.7 Å². The Hall–Kier alpha value is -1.95. The van der Waals surface area contributed by atoms with Crippen LogP contribution in [-0.4, -0.2) is 51.9 Å². The zero-order chi connectivity index (χ0) is 14.7. The van der Waals surface area contributed by atoms with E-state index in [-0.39, 0.29) is 5.91 Å². The second kappa shape index (κ2) is 6.22. The molecule has 1 aliphatic rings. The lowest BCUT2D eigenvalue weighted by Crippen LogP contribution is -2.39. The van der Waals surface area contributed by atoms with E-state index in [9.17, 15) is 4.79 Å². The zero-order valence-corrected chi connectivity index (χ0v) is 12.3. The van der Waals surface area contributed by atoms with Crippen LogP contribution in [0.4, 0.5) is 0 Å². The average Bonchev–Trinajstić information content (AvgIpc) is 3.01. The van der Waals surface area contributed by atoms with Gasteiger partial charge in [-0.05, 0) is 38.8 Å². The van der Waals surface area contributed by atoms with Crippen LogP contribution in [0, 0.1) is 5.92 Å². The number of amides is 1. The molecule has 6 nitrogen and oxygen atoms in total. The third kappa shape index (κ3) is 2.90. The third-order valence-electron chi connectivity index (χ3n) is 4.22. The Kier molecular flexibility index (Phi) is 4.15. The van der Waals surface area contributed by atoms with E-state index in [0.717, 1.165) is 38.4 Å². The van der Waals surface area contributed by atoms with Gasteiger partial charge in [-0.2, -0.15) is 0 Å². The van der Waals surface area contributed by atoms with Gasteiger partial charge in [0, 0.05) is 37.9 Å². The molecule has 1 amide bonds. The second-order valence-electron chi connectivity index (χ2n) is 5.56. The molecule has 2 aromatic rings. The predicted octanol–water partition coefficient (Wildman–Crippen LogP) is 1.19. The fraction of sp³-hybridized carbons (Fsp3) is 0.533. The predicted molar refractivity (Wildman–Crippen MR) is 80.2 cm³/mol. The molecule has 1 aliphatic heterocycles. The molecule has 0 atom stereocenters. The molecular weight excluding hydrogens is 266 g/mol. The molecule has 1 saturated heterocycles. The molecule has 0 aliphatic carbocycles. The maximum atomic E-state index is 12.6. The SMILES string of the molecule is CNCCC1CCN(C(=O)c2nccn3ccnc23)CC1. The van der Waals surface area contributed by atoms with E-state index in [1.807, 2.05) is 28.7 Å². The van der Waals surface area contributed by atoms with Crippen LogP contribution in [0.25, 0.3) is 5.65 Å². The van der Waals surface area contributed by atoms with Gasteiger partial charge in [-0.1, -0.05) is 0 Å². The summed E-state index contributed by atoms with van der Waals surface area (Å²) < 4.78 is 1.83. The smallest absolute Gasteiger partial charge is 0.276 e. The van der Waals surface area contributed by atoms with Crippen molar-refractivity contribution in [3.05, 3.63) is 30.5 Å². The number of likely N-dealkylation sites (tertiary alicyclic amines) is 1. The minimum Gasteiger partial charge on any atom is -0.337 e. The number of carbonyl (C=O) groups excluding carboxylic acids is 1. The Morgan fingerprint density at radius 1 is 1.29 bits per heavy atom. The van der Waals surface area contributed by atoms with Crippen LogP contribution in [0.15, 0.2) is 24.8 Å². The van der Waals surface area contributed by atoms with Crippen molar-refractivity contribution in [3.63, 3.8) is 0 Å². The van der Waals surface area contributed by atoms with Gasteiger partial charge in [0.1, 0.15) is 0 Å². The summed E-state index contributed by atoms with van der Waals surface area (Å²) in [5.41, 5.74) is 1.09. The summed E-state index contributed by atoms with van der Waals surface area (Å²) in [6, 6.07) is 0. The number of hydrogen-bond acceptors (Lipinski definition) is 4. The van der Waals surface area contributed by atoms with E-state index in [1.54, 1.807) is 12.4 Å². The largest absolute Gasteiger partial charge is 0.337 e. The number of imidazole rings is 1. The number of nitrogens with zero attached hydrogens (tertiary/aromatic N) is 4. The van der Waals surface area contributed by atoms with E-state index < -0.39 is 0 Å². The second-order valence-corrected chi connectivity index (χ2v) is 5.56. The number of aromatic nitrogens is 3. The number of rotatable bonds is 4. The van der Waals surface area contributed by atoms with Gasteiger partial charge in [-0.25, -0.2) is 9.97 Å². The Balaban J connectivity index is 1.68. The molecule has 2 aromatic heterocycles. The maximum absolute atomic E-state index is 12.6. The van der Waals surface area contributed by atoms with Crippen molar-refractivity contribution in [1.82, 2.24) is 24.6 Å². The lowest BCUT2D eigenvalue weighted by molar-refractivity contribution is 0.0682. The Labute approximate surface area is 124 Å². The van der Waals surface area contributed by atoms with Gasteiger partial charge < -0.3 is 14.6 Å². The topological polar surface area (TPSA) is 62.5 Å². The summed E-state index contributed by atoms with van der Waals surface area (Å²) in [6.45, 7) is 2.68. The number of piperidine rings is 1. The van der Waals surface area contributed by atoms with Crippen LogP contribution in [0.1, 0.15) is 29.8 Å². The van der Waals surface area contributed by atoms with E-state index in [2.05, 4.69) is 15.3 Å². The Morgan fingerprint density at radius 3 is 2.71 bits per heavy atom. The van der Waals surface area contributed by atoms with E-state index in [1.165, 1.54) is 6.42 Å². The van der Waals surface area contributed by atoms with Crippen LogP contribution >= 0.6 is 0 Å². The molecule has 1 fully saturated rings. The number of fused-ring (bicyclic) bond motifs is 1. The fourth-order valence-corrected chi connectivity index (χ4v) is 2.93. The van der Waals surface area contributed by atoms with Gasteiger partial charge in [0.15, 0.2) is 11.3 Å². The summed E-state index contributed by atoms with van der Waals surface area (Å²) in [4.78, 5) is 23.0. The number of carbonyl (C=O) groups is 1. The molecule has 3 rings (SSSR count). The van der Waals surface area contributed by atoms with Crippen molar-refractivity contribution in [2.24, 2.45) is 5.92 Å². The first-order valence-electron chi connectivity index (χ1n) is 7.51. The molecule has 1 N–H and O–H groups in total. The molecule has 0 unspecified atom stereocenters. The highest BCUT2D eigenvalue weighted by molar-refractivity contribution is 5.97. The lowest BCUT2D eigenvalue weighted by atomic mass is 9.93. The van der Waals surface area contributed by atoms with E-state index >= 15 is 0 Å². The summed E-state index contributed by atoms with van der Waals surface area (Å²) >= 11 is 0. The monoisotopic (exact) mass is 287 g/mol. The molecule has 21 heavy (non-hydrogen) atoms. The quantitative estimate of drug-likeness (QED) is 0.917. The molecule has 0 spiro atoms. The normalized spacial score (nSPS) is 16.5. The first kappa shape index (κ1) is 14.0. The van der Waals surface area contributed by atoms with Gasteiger partial charge in [-0.15, -0.1) is 0 Å². The summed E-state index contributed by atoms with van der Waals surface area (Å²) in [6.07, 6.45) is 10.3. The number of nitrogens with one attached hydrogen (secondary N) is 1. The first-order chi connectivity index (χ1) is 10.3. The number of hydrogen-bond donors (Lipinski definition) is 1. The van der Waals surface area contributed by atoms with Gasteiger partial charge in [0.25, 0.3) is 5.91 Å². The lowest BCUT2D eigenvalue weighted by Gasteiger charge is -2.31. The molecule has 0 saturated carbocycles. The molecule has 0 radical (unpaired) electrons.